The Labute approximate surface area is 113 Å². The van der Waals surface area contributed by atoms with E-state index in [1.807, 2.05) is 6.92 Å². The van der Waals surface area contributed by atoms with Gasteiger partial charge in [0.05, 0.1) is 13.2 Å². The minimum Gasteiger partial charge on any atom is -0.494 e. The zero-order valence-corrected chi connectivity index (χ0v) is 11.3. The summed E-state index contributed by atoms with van der Waals surface area (Å²) in [4.78, 5) is 11.4. The molecule has 19 heavy (non-hydrogen) atoms. The van der Waals surface area contributed by atoms with E-state index < -0.39 is 11.5 Å². The van der Waals surface area contributed by atoms with Gasteiger partial charge in [0.15, 0.2) is 0 Å². The molecule has 1 rings (SSSR count). The molecule has 1 unspecified atom stereocenters. The van der Waals surface area contributed by atoms with Gasteiger partial charge in [0.1, 0.15) is 11.3 Å². The molecular weight excluding hydrogens is 242 g/mol. The van der Waals surface area contributed by atoms with Gasteiger partial charge < -0.3 is 9.84 Å². The number of rotatable bonds is 7. The maximum absolute atomic E-state index is 11.4. The van der Waals surface area contributed by atoms with E-state index in [0.29, 0.717) is 12.2 Å². The maximum Gasteiger partial charge on any atom is 0.328 e. The summed E-state index contributed by atoms with van der Waals surface area (Å²) in [6.07, 6.45) is 6.10. The van der Waals surface area contributed by atoms with Crippen molar-refractivity contribution >= 4 is 5.97 Å². The minimum absolute atomic E-state index is 0.191. The second-order valence-electron chi connectivity index (χ2n) is 4.36. The van der Waals surface area contributed by atoms with Crippen molar-refractivity contribution in [3.63, 3.8) is 0 Å². The topological polar surface area (TPSA) is 58.6 Å². The van der Waals surface area contributed by atoms with E-state index in [4.69, 9.17) is 11.2 Å². The smallest absolute Gasteiger partial charge is 0.328 e. The third-order valence-corrected chi connectivity index (χ3v) is 2.88. The van der Waals surface area contributed by atoms with Crippen LogP contribution in [0.4, 0.5) is 0 Å². The van der Waals surface area contributed by atoms with Crippen molar-refractivity contribution in [1.82, 2.24) is 5.32 Å². The molecule has 1 atom stereocenters. The highest BCUT2D eigenvalue weighted by Gasteiger charge is 2.34. The molecule has 0 aliphatic rings. The van der Waals surface area contributed by atoms with Gasteiger partial charge in [-0.15, -0.1) is 6.42 Å². The van der Waals surface area contributed by atoms with Gasteiger partial charge >= 0.3 is 5.97 Å². The second kappa shape index (κ2) is 6.81. The molecule has 4 nitrogen and oxygen atoms in total. The van der Waals surface area contributed by atoms with E-state index in [9.17, 15) is 9.90 Å². The molecule has 0 saturated heterocycles. The van der Waals surface area contributed by atoms with E-state index in [1.165, 1.54) is 0 Å². The van der Waals surface area contributed by atoms with Crippen LogP contribution in [0.1, 0.15) is 25.8 Å². The zero-order chi connectivity index (χ0) is 14.3. The summed E-state index contributed by atoms with van der Waals surface area (Å²) in [7, 11) is 0. The van der Waals surface area contributed by atoms with Crippen molar-refractivity contribution in [2.45, 2.75) is 25.8 Å². The Hall–Kier alpha value is -1.99. The number of aliphatic carboxylic acids is 1. The number of hydrogen-bond donors (Lipinski definition) is 2. The van der Waals surface area contributed by atoms with Crippen molar-refractivity contribution in [3.05, 3.63) is 29.8 Å². The molecule has 1 aromatic carbocycles. The Kier molecular flexibility index (Phi) is 5.40. The summed E-state index contributed by atoms with van der Waals surface area (Å²) in [6.45, 7) is 4.45. The van der Waals surface area contributed by atoms with E-state index >= 15 is 0 Å². The first-order chi connectivity index (χ1) is 9.04. The van der Waals surface area contributed by atoms with Crippen molar-refractivity contribution in [2.24, 2.45) is 0 Å². The van der Waals surface area contributed by atoms with Gasteiger partial charge in [-0.25, -0.2) is 4.79 Å². The van der Waals surface area contributed by atoms with Gasteiger partial charge in [-0.3, -0.25) is 5.32 Å². The van der Waals surface area contributed by atoms with E-state index in [-0.39, 0.29) is 6.54 Å². The van der Waals surface area contributed by atoms with Crippen LogP contribution >= 0.6 is 0 Å². The molecule has 0 aliphatic carbocycles. The Morgan fingerprint density at radius 3 is 2.58 bits per heavy atom. The predicted octanol–water partition coefficient (Wildman–Crippen LogP) is 2.00. The van der Waals surface area contributed by atoms with Crippen molar-refractivity contribution < 1.29 is 14.6 Å². The number of nitrogens with one attached hydrogen (secondary N) is 1. The monoisotopic (exact) mass is 261 g/mol. The number of terminal acetylenes is 1. The second-order valence-corrected chi connectivity index (χ2v) is 4.36. The summed E-state index contributed by atoms with van der Waals surface area (Å²) >= 11 is 0. The van der Waals surface area contributed by atoms with Crippen molar-refractivity contribution in [3.8, 4) is 18.1 Å². The van der Waals surface area contributed by atoms with Gasteiger partial charge in [-0.2, -0.15) is 0 Å². The lowest BCUT2D eigenvalue weighted by atomic mass is 9.92. The SMILES string of the molecule is C#CCNC(C)(C(=O)O)c1ccc(OCCC)cc1. The molecule has 0 radical (unpaired) electrons. The molecule has 2 N–H and O–H groups in total. The van der Waals surface area contributed by atoms with Crippen LogP contribution < -0.4 is 10.1 Å². The number of ether oxygens (including phenoxy) is 1. The molecule has 0 spiro atoms. The minimum atomic E-state index is -1.20. The average Bonchev–Trinajstić information content (AvgIpc) is 2.42. The first-order valence-corrected chi connectivity index (χ1v) is 6.19. The highest BCUT2D eigenvalue weighted by Crippen LogP contribution is 2.23. The fourth-order valence-corrected chi connectivity index (χ4v) is 1.63. The third kappa shape index (κ3) is 3.73. The number of benzene rings is 1. The van der Waals surface area contributed by atoms with Gasteiger partial charge in [0.25, 0.3) is 0 Å². The lowest BCUT2D eigenvalue weighted by Crippen LogP contribution is -2.46. The summed E-state index contributed by atoms with van der Waals surface area (Å²) in [5.41, 5.74) is -0.561. The lowest BCUT2D eigenvalue weighted by Gasteiger charge is -2.26. The third-order valence-electron chi connectivity index (χ3n) is 2.88. The summed E-state index contributed by atoms with van der Waals surface area (Å²) in [5.74, 6) is 2.15. The Morgan fingerprint density at radius 2 is 2.11 bits per heavy atom. The number of carboxylic acid groups (broad SMARTS) is 1. The normalized spacial score (nSPS) is 13.3. The Morgan fingerprint density at radius 1 is 1.47 bits per heavy atom. The van der Waals surface area contributed by atoms with Crippen LogP contribution in [-0.4, -0.2) is 24.2 Å². The maximum atomic E-state index is 11.4. The fourth-order valence-electron chi connectivity index (χ4n) is 1.63. The zero-order valence-electron chi connectivity index (χ0n) is 11.3. The van der Waals surface area contributed by atoms with Gasteiger partial charge in [0.2, 0.25) is 0 Å². The van der Waals surface area contributed by atoms with Gasteiger partial charge in [0, 0.05) is 0 Å². The van der Waals surface area contributed by atoms with E-state index in [1.54, 1.807) is 31.2 Å². The Balaban J connectivity index is 2.92. The Bertz CT molecular complexity index is 461. The van der Waals surface area contributed by atoms with Crippen LogP contribution in [0, 0.1) is 12.3 Å². The quantitative estimate of drug-likeness (QED) is 0.737. The lowest BCUT2D eigenvalue weighted by molar-refractivity contribution is -0.144. The molecule has 0 amide bonds. The molecule has 0 bridgehead atoms. The van der Waals surface area contributed by atoms with Crippen LogP contribution in [0.3, 0.4) is 0 Å². The van der Waals surface area contributed by atoms with Crippen molar-refractivity contribution in [1.29, 1.82) is 0 Å². The highest BCUT2D eigenvalue weighted by atomic mass is 16.5. The van der Waals surface area contributed by atoms with Crippen LogP contribution in [0.15, 0.2) is 24.3 Å². The van der Waals surface area contributed by atoms with Crippen molar-refractivity contribution in [2.75, 3.05) is 13.2 Å². The molecule has 0 fully saturated rings. The van der Waals surface area contributed by atoms with Crippen LogP contribution in [0.5, 0.6) is 5.75 Å². The molecule has 1 aromatic rings. The summed E-state index contributed by atoms with van der Waals surface area (Å²) in [6, 6.07) is 7.01. The summed E-state index contributed by atoms with van der Waals surface area (Å²) < 4.78 is 5.46. The highest BCUT2D eigenvalue weighted by molar-refractivity contribution is 5.80. The van der Waals surface area contributed by atoms with E-state index in [0.717, 1.165) is 12.2 Å². The van der Waals surface area contributed by atoms with Crippen LogP contribution in [0.25, 0.3) is 0 Å². The molecular formula is C15H19NO3. The van der Waals surface area contributed by atoms with Gasteiger partial charge in [-0.1, -0.05) is 25.0 Å². The van der Waals surface area contributed by atoms with Crippen LogP contribution in [0.2, 0.25) is 0 Å². The molecule has 0 saturated carbocycles. The molecule has 102 valence electrons. The largest absolute Gasteiger partial charge is 0.494 e. The number of carbonyl (C=O) groups is 1. The number of hydrogen-bond acceptors (Lipinski definition) is 3. The number of carboxylic acids is 1. The molecule has 4 heteroatoms. The molecule has 0 aliphatic heterocycles. The molecule has 0 heterocycles. The first-order valence-electron chi connectivity index (χ1n) is 6.19. The van der Waals surface area contributed by atoms with E-state index in [2.05, 4.69) is 11.2 Å². The average molecular weight is 261 g/mol. The molecule has 0 aromatic heterocycles. The standard InChI is InChI=1S/C15H19NO3/c1-4-10-16-15(3,14(17)18)12-6-8-13(9-7-12)19-11-5-2/h1,6-9,16H,5,10-11H2,2-3H3,(H,17,18). The predicted molar refractivity (Wildman–Crippen MR) is 74.1 cm³/mol. The fraction of sp³-hybridized carbons (Fsp3) is 0.400. The van der Waals surface area contributed by atoms with Crippen LogP contribution in [-0.2, 0) is 10.3 Å². The first kappa shape index (κ1) is 15.1. The summed E-state index contributed by atoms with van der Waals surface area (Å²) in [5, 5.41) is 12.2. The van der Waals surface area contributed by atoms with Gasteiger partial charge in [-0.05, 0) is 31.0 Å².